The number of carboxylic acids is 1. The van der Waals surface area contributed by atoms with Gasteiger partial charge >= 0.3 is 17.1 Å². The minimum atomic E-state index is -1.12. The first kappa shape index (κ1) is 13.6. The van der Waals surface area contributed by atoms with E-state index in [4.69, 9.17) is 0 Å². The maximum Gasteiger partial charge on any atom is 0.337 e. The van der Waals surface area contributed by atoms with Gasteiger partial charge in [-0.3, -0.25) is 14.2 Å². The zero-order chi connectivity index (χ0) is 15.0. The van der Waals surface area contributed by atoms with Crippen LogP contribution in [0.15, 0.2) is 27.8 Å². The Bertz CT molecular complexity index is 813. The summed E-state index contributed by atoms with van der Waals surface area (Å²) in [6.45, 7) is 0. The van der Waals surface area contributed by atoms with Gasteiger partial charge in [-0.05, 0) is 25.0 Å². The highest BCUT2D eigenvalue weighted by Crippen LogP contribution is 2.29. The van der Waals surface area contributed by atoms with E-state index in [2.05, 4.69) is 4.98 Å². The molecule has 0 aliphatic heterocycles. The molecule has 0 amide bonds. The van der Waals surface area contributed by atoms with Gasteiger partial charge in [-0.15, -0.1) is 0 Å². The van der Waals surface area contributed by atoms with Gasteiger partial charge in [0.2, 0.25) is 0 Å². The number of nitrogens with one attached hydrogen (secondary N) is 1. The first-order valence-electron chi connectivity index (χ1n) is 7.10. The third-order valence-corrected chi connectivity index (χ3v) is 4.12. The average Bonchev–Trinajstić information content (AvgIpc) is 2.49. The van der Waals surface area contributed by atoms with Crippen LogP contribution in [0.25, 0.3) is 11.0 Å². The Morgan fingerprint density at radius 3 is 2.57 bits per heavy atom. The molecule has 6 heteroatoms. The Hall–Kier alpha value is -2.37. The van der Waals surface area contributed by atoms with Crippen LogP contribution in [0, 0.1) is 0 Å². The molecule has 3 rings (SSSR count). The monoisotopic (exact) mass is 288 g/mol. The second kappa shape index (κ2) is 5.20. The molecular weight excluding hydrogens is 272 g/mol. The molecule has 1 aromatic carbocycles. The Labute approximate surface area is 120 Å². The lowest BCUT2D eigenvalue weighted by Crippen LogP contribution is -2.39. The Morgan fingerprint density at radius 2 is 1.90 bits per heavy atom. The maximum atomic E-state index is 12.2. The molecule has 0 spiro atoms. The number of carboxylic acid groups (broad SMARTS) is 1. The standard InChI is InChI=1S/C15H16N2O4/c18-13-14(19)17(9-5-2-1-3-6-9)11-8-4-7-10(15(20)21)12(11)16-13/h4,7-9H,1-3,5-6H2,(H,16,18)(H,20,21). The Balaban J connectivity index is 2.34. The number of nitrogens with zero attached hydrogens (tertiary/aromatic N) is 1. The van der Waals surface area contributed by atoms with E-state index in [9.17, 15) is 19.5 Å². The molecule has 0 atom stereocenters. The van der Waals surface area contributed by atoms with Gasteiger partial charge in [0.1, 0.15) is 0 Å². The Morgan fingerprint density at radius 1 is 1.19 bits per heavy atom. The van der Waals surface area contributed by atoms with Gasteiger partial charge < -0.3 is 10.1 Å². The topological polar surface area (TPSA) is 92.2 Å². The van der Waals surface area contributed by atoms with Crippen molar-refractivity contribution in [3.63, 3.8) is 0 Å². The predicted octanol–water partition coefficient (Wildman–Crippen LogP) is 1.89. The predicted molar refractivity (Wildman–Crippen MR) is 77.9 cm³/mol. The molecule has 1 heterocycles. The number of rotatable bonds is 2. The lowest BCUT2D eigenvalue weighted by atomic mass is 9.95. The van der Waals surface area contributed by atoms with Crippen molar-refractivity contribution in [1.82, 2.24) is 9.55 Å². The first-order valence-corrected chi connectivity index (χ1v) is 7.10. The zero-order valence-electron chi connectivity index (χ0n) is 11.5. The van der Waals surface area contributed by atoms with Gasteiger partial charge in [-0.25, -0.2) is 4.79 Å². The number of carbonyl (C=O) groups is 1. The number of fused-ring (bicyclic) bond motifs is 1. The lowest BCUT2D eigenvalue weighted by Gasteiger charge is -2.25. The van der Waals surface area contributed by atoms with Crippen LogP contribution in [0.2, 0.25) is 0 Å². The van der Waals surface area contributed by atoms with Gasteiger partial charge in [0.25, 0.3) is 0 Å². The fourth-order valence-electron chi connectivity index (χ4n) is 3.14. The number of aromatic carboxylic acids is 1. The van der Waals surface area contributed by atoms with Crippen LogP contribution in [0.4, 0.5) is 0 Å². The van der Waals surface area contributed by atoms with Crippen LogP contribution in [-0.4, -0.2) is 20.6 Å². The van der Waals surface area contributed by atoms with Gasteiger partial charge in [-0.1, -0.05) is 25.3 Å². The summed E-state index contributed by atoms with van der Waals surface area (Å²) in [5, 5.41) is 9.23. The minimum Gasteiger partial charge on any atom is -0.478 e. The number of aromatic amines is 1. The molecule has 1 aliphatic rings. The lowest BCUT2D eigenvalue weighted by molar-refractivity contribution is 0.0698. The van der Waals surface area contributed by atoms with Gasteiger partial charge in [-0.2, -0.15) is 0 Å². The van der Waals surface area contributed by atoms with Gasteiger partial charge in [0, 0.05) is 6.04 Å². The fourth-order valence-corrected chi connectivity index (χ4v) is 3.14. The summed E-state index contributed by atoms with van der Waals surface area (Å²) < 4.78 is 1.49. The van der Waals surface area contributed by atoms with Crippen LogP contribution >= 0.6 is 0 Å². The van der Waals surface area contributed by atoms with Gasteiger partial charge in [0.05, 0.1) is 16.6 Å². The van der Waals surface area contributed by atoms with E-state index in [-0.39, 0.29) is 17.1 Å². The van der Waals surface area contributed by atoms with E-state index in [0.717, 1.165) is 32.1 Å². The molecule has 0 saturated heterocycles. The van der Waals surface area contributed by atoms with Crippen LogP contribution in [0.3, 0.4) is 0 Å². The summed E-state index contributed by atoms with van der Waals surface area (Å²) in [6, 6.07) is 4.69. The molecular formula is C15H16N2O4. The molecule has 0 radical (unpaired) electrons. The number of benzene rings is 1. The van der Waals surface area contributed by atoms with E-state index in [0.29, 0.717) is 5.52 Å². The third-order valence-electron chi connectivity index (χ3n) is 4.12. The largest absolute Gasteiger partial charge is 0.478 e. The summed E-state index contributed by atoms with van der Waals surface area (Å²) >= 11 is 0. The van der Waals surface area contributed by atoms with E-state index >= 15 is 0 Å². The van der Waals surface area contributed by atoms with Crippen LogP contribution in [0.5, 0.6) is 0 Å². The minimum absolute atomic E-state index is 0.00848. The quantitative estimate of drug-likeness (QED) is 0.825. The summed E-state index contributed by atoms with van der Waals surface area (Å²) in [4.78, 5) is 37.8. The van der Waals surface area contributed by atoms with Crippen LogP contribution in [-0.2, 0) is 0 Å². The van der Waals surface area contributed by atoms with Crippen molar-refractivity contribution < 1.29 is 9.90 Å². The second-order valence-corrected chi connectivity index (χ2v) is 5.43. The van der Waals surface area contributed by atoms with Crippen molar-refractivity contribution in [3.05, 3.63) is 44.5 Å². The van der Waals surface area contributed by atoms with Crippen LogP contribution < -0.4 is 11.1 Å². The fraction of sp³-hybridized carbons (Fsp3) is 0.400. The van der Waals surface area contributed by atoms with Crippen molar-refractivity contribution in [2.45, 2.75) is 38.1 Å². The molecule has 1 aromatic heterocycles. The van der Waals surface area contributed by atoms with E-state index in [1.807, 2.05) is 0 Å². The molecule has 1 saturated carbocycles. The first-order chi connectivity index (χ1) is 10.1. The summed E-state index contributed by atoms with van der Waals surface area (Å²) in [6.07, 6.45) is 4.85. The zero-order valence-corrected chi connectivity index (χ0v) is 11.5. The molecule has 2 aromatic rings. The van der Waals surface area contributed by atoms with E-state index in [1.165, 1.54) is 10.6 Å². The molecule has 0 unspecified atom stereocenters. The van der Waals surface area contributed by atoms with Crippen molar-refractivity contribution in [1.29, 1.82) is 0 Å². The summed E-state index contributed by atoms with van der Waals surface area (Å²) in [5.74, 6) is -1.12. The van der Waals surface area contributed by atoms with Crippen LogP contribution in [0.1, 0.15) is 48.5 Å². The molecule has 0 bridgehead atoms. The molecule has 1 fully saturated rings. The van der Waals surface area contributed by atoms with E-state index < -0.39 is 17.1 Å². The summed E-state index contributed by atoms with van der Waals surface area (Å²) in [5.41, 5.74) is -0.639. The summed E-state index contributed by atoms with van der Waals surface area (Å²) in [7, 11) is 0. The number of para-hydroxylation sites is 1. The second-order valence-electron chi connectivity index (χ2n) is 5.43. The number of H-pyrrole nitrogens is 1. The highest BCUT2D eigenvalue weighted by molar-refractivity contribution is 6.00. The highest BCUT2D eigenvalue weighted by atomic mass is 16.4. The smallest absolute Gasteiger partial charge is 0.337 e. The SMILES string of the molecule is O=C(O)c1cccc2c1[nH]c(=O)c(=O)n2C1CCCCC1. The average molecular weight is 288 g/mol. The molecule has 21 heavy (non-hydrogen) atoms. The molecule has 1 aliphatic carbocycles. The normalized spacial score (nSPS) is 16.2. The molecule has 110 valence electrons. The van der Waals surface area contributed by atoms with E-state index in [1.54, 1.807) is 12.1 Å². The van der Waals surface area contributed by atoms with Crippen molar-refractivity contribution in [2.75, 3.05) is 0 Å². The third kappa shape index (κ3) is 2.26. The highest BCUT2D eigenvalue weighted by Gasteiger charge is 2.21. The number of aromatic nitrogens is 2. The Kier molecular flexibility index (Phi) is 3.37. The van der Waals surface area contributed by atoms with Crippen molar-refractivity contribution in [2.24, 2.45) is 0 Å². The number of hydrogen-bond acceptors (Lipinski definition) is 3. The van der Waals surface area contributed by atoms with Crippen molar-refractivity contribution in [3.8, 4) is 0 Å². The van der Waals surface area contributed by atoms with Crippen molar-refractivity contribution >= 4 is 17.0 Å². The maximum absolute atomic E-state index is 12.2. The van der Waals surface area contributed by atoms with Gasteiger partial charge in [0.15, 0.2) is 0 Å². The molecule has 6 nitrogen and oxygen atoms in total. The molecule has 2 N–H and O–H groups in total. The number of hydrogen-bond donors (Lipinski definition) is 2.